The minimum atomic E-state index is -4.31. The molecule has 0 aliphatic carbocycles. The summed E-state index contributed by atoms with van der Waals surface area (Å²) < 4.78 is 37.2. The van der Waals surface area contributed by atoms with Crippen LogP contribution in [-0.2, 0) is 4.79 Å². The largest absolute Gasteiger partial charge is 0.391 e. The first-order valence-electron chi connectivity index (χ1n) is 5.18. The second-order valence-electron chi connectivity index (χ2n) is 3.99. The molecule has 1 aromatic carbocycles. The van der Waals surface area contributed by atoms with Crippen molar-refractivity contribution >= 4 is 5.91 Å². The van der Waals surface area contributed by atoms with Gasteiger partial charge in [0.15, 0.2) is 0 Å². The molecule has 0 spiro atoms. The minimum Gasteiger partial charge on any atom is -0.349 e. The van der Waals surface area contributed by atoms with Gasteiger partial charge in [0.1, 0.15) is 0 Å². The summed E-state index contributed by atoms with van der Waals surface area (Å²) in [4.78, 5) is 10.9. The number of hydrogen-bond donors (Lipinski definition) is 1. The van der Waals surface area contributed by atoms with E-state index in [0.717, 1.165) is 5.56 Å². The molecule has 0 radical (unpaired) electrons. The number of benzene rings is 1. The number of halogens is 3. The van der Waals surface area contributed by atoms with Gasteiger partial charge in [0.05, 0.1) is 12.5 Å². The van der Waals surface area contributed by atoms with Crippen molar-refractivity contribution in [1.29, 1.82) is 0 Å². The van der Waals surface area contributed by atoms with Crippen molar-refractivity contribution in [2.45, 2.75) is 32.5 Å². The van der Waals surface area contributed by atoms with Crippen LogP contribution < -0.4 is 5.32 Å². The maximum absolute atomic E-state index is 12.4. The molecule has 0 fully saturated rings. The van der Waals surface area contributed by atoms with Gasteiger partial charge in [-0.2, -0.15) is 13.2 Å². The molecule has 1 N–H and O–H groups in total. The van der Waals surface area contributed by atoms with Gasteiger partial charge in [-0.3, -0.25) is 4.79 Å². The zero-order chi connectivity index (χ0) is 13.1. The fourth-order valence-corrected chi connectivity index (χ4v) is 1.62. The molecule has 0 aliphatic heterocycles. The standard InChI is InChI=1S/C12H14F3NO/c1-8-4-3-5-10(6-8)11(16-9(2)17)7-12(13,14)15/h3-6,11H,7H2,1-2H3,(H,16,17). The molecule has 2 nitrogen and oxygen atoms in total. The van der Waals surface area contributed by atoms with E-state index in [1.165, 1.54) is 6.92 Å². The van der Waals surface area contributed by atoms with Crippen molar-refractivity contribution < 1.29 is 18.0 Å². The van der Waals surface area contributed by atoms with E-state index in [1.54, 1.807) is 31.2 Å². The molecule has 94 valence electrons. The third-order valence-corrected chi connectivity index (χ3v) is 2.26. The van der Waals surface area contributed by atoms with Gasteiger partial charge < -0.3 is 5.32 Å². The quantitative estimate of drug-likeness (QED) is 0.870. The number of aryl methyl sites for hydroxylation is 1. The molecular formula is C12H14F3NO. The van der Waals surface area contributed by atoms with Crippen LogP contribution in [0.25, 0.3) is 0 Å². The Balaban J connectivity index is 2.93. The Morgan fingerprint density at radius 2 is 2.06 bits per heavy atom. The van der Waals surface area contributed by atoms with Crippen molar-refractivity contribution in [3.05, 3.63) is 35.4 Å². The molecule has 1 unspecified atom stereocenters. The average Bonchev–Trinajstić information content (AvgIpc) is 2.13. The van der Waals surface area contributed by atoms with E-state index in [2.05, 4.69) is 5.32 Å². The van der Waals surface area contributed by atoms with Crippen LogP contribution in [0.15, 0.2) is 24.3 Å². The first-order valence-corrected chi connectivity index (χ1v) is 5.18. The van der Waals surface area contributed by atoms with Crippen LogP contribution in [0.5, 0.6) is 0 Å². The lowest BCUT2D eigenvalue weighted by atomic mass is 10.0. The minimum absolute atomic E-state index is 0.470. The molecule has 0 saturated heterocycles. The monoisotopic (exact) mass is 245 g/mol. The third-order valence-electron chi connectivity index (χ3n) is 2.26. The van der Waals surface area contributed by atoms with Gasteiger partial charge in [0, 0.05) is 6.92 Å². The highest BCUT2D eigenvalue weighted by Crippen LogP contribution is 2.29. The number of carbonyl (C=O) groups is 1. The second-order valence-corrected chi connectivity index (χ2v) is 3.99. The Hall–Kier alpha value is -1.52. The van der Waals surface area contributed by atoms with E-state index in [-0.39, 0.29) is 0 Å². The number of carbonyl (C=O) groups excluding carboxylic acids is 1. The lowest BCUT2D eigenvalue weighted by molar-refractivity contribution is -0.142. The summed E-state index contributed by atoms with van der Waals surface area (Å²) in [5.74, 6) is -0.472. The lowest BCUT2D eigenvalue weighted by Crippen LogP contribution is -2.30. The lowest BCUT2D eigenvalue weighted by Gasteiger charge is -2.20. The highest BCUT2D eigenvalue weighted by molar-refractivity contribution is 5.73. The van der Waals surface area contributed by atoms with Crippen LogP contribution in [0.4, 0.5) is 13.2 Å². The highest BCUT2D eigenvalue weighted by Gasteiger charge is 2.33. The van der Waals surface area contributed by atoms with Crippen LogP contribution in [0.3, 0.4) is 0 Å². The molecule has 0 heterocycles. The number of amides is 1. The van der Waals surface area contributed by atoms with Crippen molar-refractivity contribution in [2.75, 3.05) is 0 Å². The SMILES string of the molecule is CC(=O)NC(CC(F)(F)F)c1cccc(C)c1. The van der Waals surface area contributed by atoms with E-state index in [9.17, 15) is 18.0 Å². The van der Waals surface area contributed by atoms with Gasteiger partial charge >= 0.3 is 6.18 Å². The predicted molar refractivity (Wildman–Crippen MR) is 58.4 cm³/mol. The molecule has 1 aromatic rings. The Morgan fingerprint density at radius 1 is 1.41 bits per heavy atom. The molecule has 0 saturated carbocycles. The topological polar surface area (TPSA) is 29.1 Å². The van der Waals surface area contributed by atoms with Gasteiger partial charge in [0.25, 0.3) is 0 Å². The smallest absolute Gasteiger partial charge is 0.349 e. The van der Waals surface area contributed by atoms with Crippen LogP contribution in [-0.4, -0.2) is 12.1 Å². The molecule has 0 bridgehead atoms. The molecule has 17 heavy (non-hydrogen) atoms. The summed E-state index contributed by atoms with van der Waals surface area (Å²) in [6, 6.07) is 5.68. The maximum Gasteiger partial charge on any atom is 0.391 e. The van der Waals surface area contributed by atoms with Gasteiger partial charge in [0.2, 0.25) is 5.91 Å². The summed E-state index contributed by atoms with van der Waals surface area (Å²) in [5.41, 5.74) is 1.33. The summed E-state index contributed by atoms with van der Waals surface area (Å²) in [6.45, 7) is 3.00. The van der Waals surface area contributed by atoms with Crippen molar-refractivity contribution in [3.63, 3.8) is 0 Å². The van der Waals surface area contributed by atoms with Gasteiger partial charge in [-0.05, 0) is 12.5 Å². The Bertz CT molecular complexity index is 401. The Kier molecular flexibility index (Phi) is 4.15. The van der Waals surface area contributed by atoms with Crippen LogP contribution >= 0.6 is 0 Å². The molecule has 1 rings (SSSR count). The van der Waals surface area contributed by atoms with E-state index in [4.69, 9.17) is 0 Å². The fraction of sp³-hybridized carbons (Fsp3) is 0.417. The number of rotatable bonds is 3. The summed E-state index contributed by atoms with van der Waals surface area (Å²) in [7, 11) is 0. The van der Waals surface area contributed by atoms with Gasteiger partial charge in [-0.1, -0.05) is 29.8 Å². The van der Waals surface area contributed by atoms with Crippen LogP contribution in [0, 0.1) is 6.92 Å². The predicted octanol–water partition coefficient (Wildman–Crippen LogP) is 3.12. The molecular weight excluding hydrogens is 231 g/mol. The van der Waals surface area contributed by atoms with E-state index in [0.29, 0.717) is 5.56 Å². The summed E-state index contributed by atoms with van der Waals surface area (Å²) in [6.07, 6.45) is -5.37. The Morgan fingerprint density at radius 3 is 2.53 bits per heavy atom. The number of nitrogens with one attached hydrogen (secondary N) is 1. The first kappa shape index (κ1) is 13.5. The normalized spacial score (nSPS) is 13.2. The number of hydrogen-bond acceptors (Lipinski definition) is 1. The fourth-order valence-electron chi connectivity index (χ4n) is 1.62. The number of alkyl halides is 3. The van der Waals surface area contributed by atoms with E-state index >= 15 is 0 Å². The molecule has 1 atom stereocenters. The Labute approximate surface area is 97.8 Å². The average molecular weight is 245 g/mol. The van der Waals surface area contributed by atoms with Gasteiger partial charge in [-0.15, -0.1) is 0 Å². The summed E-state index contributed by atoms with van der Waals surface area (Å²) in [5, 5.41) is 2.32. The zero-order valence-corrected chi connectivity index (χ0v) is 9.64. The first-order chi connectivity index (χ1) is 7.78. The molecule has 0 aromatic heterocycles. The van der Waals surface area contributed by atoms with E-state index < -0.39 is 24.5 Å². The van der Waals surface area contributed by atoms with Crippen molar-refractivity contribution in [1.82, 2.24) is 5.32 Å². The highest BCUT2D eigenvalue weighted by atomic mass is 19.4. The zero-order valence-electron chi connectivity index (χ0n) is 9.64. The molecule has 1 amide bonds. The van der Waals surface area contributed by atoms with Gasteiger partial charge in [-0.25, -0.2) is 0 Å². The summed E-state index contributed by atoms with van der Waals surface area (Å²) >= 11 is 0. The van der Waals surface area contributed by atoms with E-state index in [1.807, 2.05) is 0 Å². The molecule has 0 aliphatic rings. The van der Waals surface area contributed by atoms with Crippen molar-refractivity contribution in [3.8, 4) is 0 Å². The van der Waals surface area contributed by atoms with Crippen molar-refractivity contribution in [2.24, 2.45) is 0 Å². The van der Waals surface area contributed by atoms with Crippen LogP contribution in [0.2, 0.25) is 0 Å². The second kappa shape index (κ2) is 5.21. The molecule has 5 heteroatoms. The third kappa shape index (κ3) is 4.89. The van der Waals surface area contributed by atoms with Crippen LogP contribution in [0.1, 0.15) is 30.5 Å². The maximum atomic E-state index is 12.4.